The smallest absolute Gasteiger partial charge is 0.324 e. The summed E-state index contributed by atoms with van der Waals surface area (Å²) < 4.78 is 40.4. The molecule has 0 saturated heterocycles. The highest BCUT2D eigenvalue weighted by atomic mass is 19.4. The molecule has 0 saturated carbocycles. The van der Waals surface area contributed by atoms with Crippen LogP contribution >= 0.6 is 0 Å². The molecule has 1 heterocycles. The molecule has 4 heteroatoms. The monoisotopic (exact) mass is 353 g/mol. The van der Waals surface area contributed by atoms with Gasteiger partial charge in [0, 0.05) is 18.1 Å². The Balaban J connectivity index is 1.96. The Bertz CT molecular complexity index is 898. The Morgan fingerprint density at radius 1 is 0.846 bits per heavy atom. The van der Waals surface area contributed by atoms with Gasteiger partial charge in [-0.3, -0.25) is 0 Å². The van der Waals surface area contributed by atoms with Gasteiger partial charge in [0.25, 0.3) is 0 Å². The van der Waals surface area contributed by atoms with E-state index in [4.69, 9.17) is 0 Å². The number of alkyl halides is 3. The molecule has 0 aliphatic rings. The molecule has 3 rings (SSSR count). The molecule has 0 spiro atoms. The van der Waals surface area contributed by atoms with E-state index in [9.17, 15) is 13.2 Å². The van der Waals surface area contributed by atoms with Crippen molar-refractivity contribution < 1.29 is 13.2 Å². The van der Waals surface area contributed by atoms with Crippen molar-refractivity contribution in [3.63, 3.8) is 0 Å². The van der Waals surface area contributed by atoms with E-state index < -0.39 is 11.7 Å². The predicted molar refractivity (Wildman–Crippen MR) is 99.1 cm³/mol. The second-order valence-corrected chi connectivity index (χ2v) is 5.82. The number of hydrogen-bond acceptors (Lipinski definition) is 0. The molecule has 0 radical (unpaired) electrons. The molecule has 0 N–H and O–H groups in total. The Hall–Kier alpha value is -3.01. The van der Waals surface area contributed by atoms with Crippen LogP contribution in [0.1, 0.15) is 23.6 Å². The Morgan fingerprint density at radius 3 is 1.88 bits per heavy atom. The van der Waals surface area contributed by atoms with Crippen molar-refractivity contribution in [2.24, 2.45) is 0 Å². The number of allylic oxidation sites excluding steroid dienone is 3. The summed E-state index contributed by atoms with van der Waals surface area (Å²) in [6.07, 6.45) is 5.27. The van der Waals surface area contributed by atoms with Crippen LogP contribution in [0.3, 0.4) is 0 Å². The van der Waals surface area contributed by atoms with Gasteiger partial charge in [0.05, 0.1) is 5.56 Å². The highest BCUT2D eigenvalue weighted by Crippen LogP contribution is 2.31. The first kappa shape index (κ1) is 17.8. The summed E-state index contributed by atoms with van der Waals surface area (Å²) in [7, 11) is 0. The summed E-state index contributed by atoms with van der Waals surface area (Å²) in [5, 5.41) is 0. The van der Waals surface area contributed by atoms with Crippen molar-refractivity contribution in [3.8, 4) is 5.69 Å². The van der Waals surface area contributed by atoms with Crippen LogP contribution in [0.4, 0.5) is 13.2 Å². The zero-order chi connectivity index (χ0) is 18.6. The minimum atomic E-state index is -4.33. The van der Waals surface area contributed by atoms with Crippen LogP contribution in [-0.2, 0) is 6.18 Å². The minimum Gasteiger partial charge on any atom is -0.324 e. The summed E-state index contributed by atoms with van der Waals surface area (Å²) >= 11 is 0. The third-order valence-electron chi connectivity index (χ3n) is 4.06. The third kappa shape index (κ3) is 3.97. The lowest BCUT2D eigenvalue weighted by Crippen LogP contribution is -2.04. The molecule has 2 aromatic carbocycles. The predicted octanol–water partition coefficient (Wildman–Crippen LogP) is 6.50. The van der Waals surface area contributed by atoms with Gasteiger partial charge in [-0.25, -0.2) is 0 Å². The summed E-state index contributed by atoms with van der Waals surface area (Å²) in [6.45, 7) is 1.90. The SMILES string of the molecule is CC=CC=C(c1ccc(-n2cccc2)cc1)c1ccc(C(F)(F)F)cc1. The van der Waals surface area contributed by atoms with E-state index in [0.717, 1.165) is 34.5 Å². The van der Waals surface area contributed by atoms with Gasteiger partial charge >= 0.3 is 6.18 Å². The van der Waals surface area contributed by atoms with Gasteiger partial charge in [-0.1, -0.05) is 42.5 Å². The lowest BCUT2D eigenvalue weighted by atomic mass is 9.96. The maximum atomic E-state index is 12.8. The fourth-order valence-electron chi connectivity index (χ4n) is 2.71. The van der Waals surface area contributed by atoms with Crippen LogP contribution in [0.5, 0.6) is 0 Å². The maximum absolute atomic E-state index is 12.8. The van der Waals surface area contributed by atoms with Crippen molar-refractivity contribution >= 4 is 5.57 Å². The van der Waals surface area contributed by atoms with E-state index in [1.165, 1.54) is 12.1 Å². The van der Waals surface area contributed by atoms with E-state index in [-0.39, 0.29) is 0 Å². The maximum Gasteiger partial charge on any atom is 0.416 e. The van der Waals surface area contributed by atoms with Gasteiger partial charge in [-0.15, -0.1) is 0 Å². The lowest BCUT2D eigenvalue weighted by molar-refractivity contribution is -0.137. The fraction of sp³-hybridized carbons (Fsp3) is 0.0909. The van der Waals surface area contributed by atoms with Crippen LogP contribution in [0, 0.1) is 0 Å². The van der Waals surface area contributed by atoms with E-state index >= 15 is 0 Å². The first-order chi connectivity index (χ1) is 12.5. The van der Waals surface area contributed by atoms with Gasteiger partial charge in [-0.05, 0) is 60.0 Å². The molecule has 0 bridgehead atoms. The molecule has 1 aromatic heterocycles. The van der Waals surface area contributed by atoms with Crippen LogP contribution in [0.25, 0.3) is 11.3 Å². The number of hydrogen-bond donors (Lipinski definition) is 0. The summed E-state index contributed by atoms with van der Waals surface area (Å²) in [5.74, 6) is 0. The van der Waals surface area contributed by atoms with Gasteiger partial charge in [-0.2, -0.15) is 13.2 Å². The highest BCUT2D eigenvalue weighted by molar-refractivity contribution is 5.81. The number of aromatic nitrogens is 1. The topological polar surface area (TPSA) is 4.93 Å². The van der Waals surface area contributed by atoms with Crippen molar-refractivity contribution in [2.45, 2.75) is 13.1 Å². The normalized spacial score (nSPS) is 12.7. The van der Waals surface area contributed by atoms with Gasteiger partial charge in [0.1, 0.15) is 0 Å². The molecule has 0 aliphatic heterocycles. The first-order valence-electron chi connectivity index (χ1n) is 8.23. The Kier molecular flexibility index (Phi) is 5.12. The molecule has 0 aliphatic carbocycles. The van der Waals surface area contributed by atoms with E-state index in [1.807, 2.05) is 78.5 Å². The quantitative estimate of drug-likeness (QED) is 0.472. The number of benzene rings is 2. The molecule has 1 nitrogen and oxygen atoms in total. The van der Waals surface area contributed by atoms with Crippen molar-refractivity contribution in [1.82, 2.24) is 4.57 Å². The standard InChI is InChI=1S/C22H18F3N/c1-2-3-6-21(17-7-11-19(12-8-17)22(23,24)25)18-9-13-20(14-10-18)26-15-4-5-16-26/h2-16H,1H3. The van der Waals surface area contributed by atoms with Crippen molar-refractivity contribution in [1.29, 1.82) is 0 Å². The number of nitrogens with zero attached hydrogens (tertiary/aromatic N) is 1. The fourth-order valence-corrected chi connectivity index (χ4v) is 2.71. The zero-order valence-electron chi connectivity index (χ0n) is 14.2. The van der Waals surface area contributed by atoms with E-state index in [1.54, 1.807) is 0 Å². The molecule has 0 fully saturated rings. The zero-order valence-corrected chi connectivity index (χ0v) is 14.2. The van der Waals surface area contributed by atoms with Crippen LogP contribution < -0.4 is 0 Å². The summed E-state index contributed by atoms with van der Waals surface area (Å²) in [6, 6.07) is 17.1. The second-order valence-electron chi connectivity index (χ2n) is 5.82. The van der Waals surface area contributed by atoms with E-state index in [0.29, 0.717) is 0 Å². The summed E-state index contributed by atoms with van der Waals surface area (Å²) in [4.78, 5) is 0. The summed E-state index contributed by atoms with van der Waals surface area (Å²) in [5.41, 5.74) is 2.94. The Labute approximate surface area is 150 Å². The molecule has 3 aromatic rings. The largest absolute Gasteiger partial charge is 0.416 e. The molecular weight excluding hydrogens is 335 g/mol. The highest BCUT2D eigenvalue weighted by Gasteiger charge is 2.30. The molecule has 0 atom stereocenters. The van der Waals surface area contributed by atoms with Crippen molar-refractivity contribution in [3.05, 3.63) is 108 Å². The number of halogens is 3. The average molecular weight is 353 g/mol. The molecule has 26 heavy (non-hydrogen) atoms. The third-order valence-corrected chi connectivity index (χ3v) is 4.06. The molecular formula is C22H18F3N. The second kappa shape index (κ2) is 7.48. The number of rotatable bonds is 4. The van der Waals surface area contributed by atoms with Gasteiger partial charge in [0.15, 0.2) is 0 Å². The van der Waals surface area contributed by atoms with Gasteiger partial charge in [0.2, 0.25) is 0 Å². The first-order valence-corrected chi connectivity index (χ1v) is 8.23. The van der Waals surface area contributed by atoms with Gasteiger partial charge < -0.3 is 4.57 Å². The molecule has 0 unspecified atom stereocenters. The lowest BCUT2D eigenvalue weighted by Gasteiger charge is -2.12. The van der Waals surface area contributed by atoms with Crippen LogP contribution in [-0.4, -0.2) is 4.57 Å². The van der Waals surface area contributed by atoms with Crippen LogP contribution in [0.2, 0.25) is 0 Å². The van der Waals surface area contributed by atoms with E-state index in [2.05, 4.69) is 0 Å². The van der Waals surface area contributed by atoms with Crippen molar-refractivity contribution in [2.75, 3.05) is 0 Å². The average Bonchev–Trinajstić information content (AvgIpc) is 3.17. The molecule has 0 amide bonds. The Morgan fingerprint density at radius 2 is 1.38 bits per heavy atom. The molecule has 132 valence electrons. The minimum absolute atomic E-state index is 0.644. The van der Waals surface area contributed by atoms with Crippen LogP contribution in [0.15, 0.2) is 91.3 Å².